The summed E-state index contributed by atoms with van der Waals surface area (Å²) in [6.45, 7) is 15.9. The number of carbonyl (C=O) groups is 1. The minimum atomic E-state index is 0.255. The average Bonchev–Trinajstić information content (AvgIpc) is 2.11. The minimum absolute atomic E-state index is 0.255. The molecule has 1 nitrogen and oxygen atoms in total. The van der Waals surface area contributed by atoms with Gasteiger partial charge in [0.05, 0.1) is 0 Å². The maximum atomic E-state index is 9.81. The Morgan fingerprint density at radius 3 is 0.923 bits per heavy atom. The molecule has 0 rings (SSSR count). The molecule has 1 heteroatoms. The van der Waals surface area contributed by atoms with Crippen LogP contribution in [-0.4, -0.2) is 5.78 Å². The van der Waals surface area contributed by atoms with E-state index in [0.717, 1.165) is 0 Å². The molecule has 13 heavy (non-hydrogen) atoms. The van der Waals surface area contributed by atoms with Gasteiger partial charge in [0.15, 0.2) is 0 Å². The SMILES string of the molecule is CC.CCC.CCC.CCC(C)=O. The Bertz CT molecular complexity index is 56.1. The van der Waals surface area contributed by atoms with Gasteiger partial charge in [-0.1, -0.05) is 61.3 Å². The maximum absolute atomic E-state index is 9.81. The van der Waals surface area contributed by atoms with Crippen molar-refractivity contribution >= 4 is 5.78 Å². The molecule has 0 atom stereocenters. The Hall–Kier alpha value is -0.330. The van der Waals surface area contributed by atoms with Crippen molar-refractivity contribution in [1.29, 1.82) is 0 Å². The third-order valence-corrected chi connectivity index (χ3v) is 0.498. The zero-order chi connectivity index (χ0) is 11.7. The molecule has 0 aromatic rings. The molecule has 0 aliphatic carbocycles. The van der Waals surface area contributed by atoms with Gasteiger partial charge in [0, 0.05) is 6.42 Å². The molecule has 0 N–H and O–H groups in total. The van der Waals surface area contributed by atoms with Crippen LogP contribution in [0.1, 0.15) is 74.7 Å². The van der Waals surface area contributed by atoms with Crippen LogP contribution in [0, 0.1) is 0 Å². The van der Waals surface area contributed by atoms with E-state index in [1.807, 2.05) is 20.8 Å². The van der Waals surface area contributed by atoms with E-state index in [2.05, 4.69) is 27.7 Å². The minimum Gasteiger partial charge on any atom is -0.300 e. The molecule has 0 spiro atoms. The van der Waals surface area contributed by atoms with Crippen LogP contribution < -0.4 is 0 Å². The summed E-state index contributed by atoms with van der Waals surface area (Å²) in [6.07, 6.45) is 3.17. The maximum Gasteiger partial charge on any atom is 0.129 e. The van der Waals surface area contributed by atoms with Crippen molar-refractivity contribution in [1.82, 2.24) is 0 Å². The van der Waals surface area contributed by atoms with Crippen molar-refractivity contribution in [3.63, 3.8) is 0 Å². The third kappa shape index (κ3) is 391. The lowest BCUT2D eigenvalue weighted by Crippen LogP contribution is -1.80. The fraction of sp³-hybridized carbons (Fsp3) is 0.917. The third-order valence-electron chi connectivity index (χ3n) is 0.498. The lowest BCUT2D eigenvalue weighted by Gasteiger charge is -1.71. The molecule has 0 radical (unpaired) electrons. The zero-order valence-electron chi connectivity index (χ0n) is 11.0. The Morgan fingerprint density at radius 2 is 0.923 bits per heavy atom. The summed E-state index contributed by atoms with van der Waals surface area (Å²) in [5.74, 6) is 0.255. The highest BCUT2D eigenvalue weighted by Crippen LogP contribution is 1.71. The second-order valence-corrected chi connectivity index (χ2v) is 2.47. The van der Waals surface area contributed by atoms with E-state index >= 15 is 0 Å². The van der Waals surface area contributed by atoms with Gasteiger partial charge in [-0.15, -0.1) is 0 Å². The summed E-state index contributed by atoms with van der Waals surface area (Å²) in [5.41, 5.74) is 0. The van der Waals surface area contributed by atoms with Crippen molar-refractivity contribution in [2.75, 3.05) is 0 Å². The van der Waals surface area contributed by atoms with Crippen LogP contribution >= 0.6 is 0 Å². The summed E-state index contributed by atoms with van der Waals surface area (Å²) in [4.78, 5) is 9.81. The van der Waals surface area contributed by atoms with Gasteiger partial charge < -0.3 is 4.79 Å². The van der Waals surface area contributed by atoms with Crippen LogP contribution in [0.2, 0.25) is 0 Å². The van der Waals surface area contributed by atoms with E-state index in [1.54, 1.807) is 6.92 Å². The Kier molecular flexibility index (Phi) is 73.0. The summed E-state index contributed by atoms with van der Waals surface area (Å²) < 4.78 is 0. The van der Waals surface area contributed by atoms with Gasteiger partial charge in [-0.25, -0.2) is 0 Å². The molecule has 84 valence electrons. The molecule has 0 unspecified atom stereocenters. The van der Waals surface area contributed by atoms with Crippen LogP contribution in [0.5, 0.6) is 0 Å². The molecule has 0 heterocycles. The average molecular weight is 190 g/mol. The fourth-order valence-corrected chi connectivity index (χ4v) is 0. The molecule has 0 aliphatic heterocycles. The summed E-state index contributed by atoms with van der Waals surface area (Å²) >= 11 is 0. The van der Waals surface area contributed by atoms with Crippen LogP contribution in [0.25, 0.3) is 0 Å². The molecule has 0 amide bonds. The molecular weight excluding hydrogens is 160 g/mol. The fourth-order valence-electron chi connectivity index (χ4n) is 0. The molecule has 0 saturated carbocycles. The summed E-state index contributed by atoms with van der Waals surface area (Å²) in [5, 5.41) is 0. The highest BCUT2D eigenvalue weighted by atomic mass is 16.1. The van der Waals surface area contributed by atoms with E-state index in [0.29, 0.717) is 6.42 Å². The van der Waals surface area contributed by atoms with Gasteiger partial charge in [-0.3, -0.25) is 0 Å². The van der Waals surface area contributed by atoms with Crippen LogP contribution in [0.3, 0.4) is 0 Å². The largest absolute Gasteiger partial charge is 0.300 e. The summed E-state index contributed by atoms with van der Waals surface area (Å²) in [7, 11) is 0. The molecule has 0 saturated heterocycles. The van der Waals surface area contributed by atoms with Crippen molar-refractivity contribution in [3.8, 4) is 0 Å². The van der Waals surface area contributed by atoms with Gasteiger partial charge in [0.25, 0.3) is 0 Å². The van der Waals surface area contributed by atoms with Crippen LogP contribution in [0.15, 0.2) is 0 Å². The zero-order valence-corrected chi connectivity index (χ0v) is 11.0. The summed E-state index contributed by atoms with van der Waals surface area (Å²) in [6, 6.07) is 0. The van der Waals surface area contributed by atoms with E-state index in [9.17, 15) is 4.79 Å². The lowest BCUT2D eigenvalue weighted by molar-refractivity contribution is -0.116. The highest BCUT2D eigenvalue weighted by Gasteiger charge is 1.76. The standard InChI is InChI=1S/C4H8O.2C3H8.C2H6/c1-3-4(2)5;2*1-3-2;1-2/h3H2,1-2H3;2*3H2,1-2H3;1-2H3. The van der Waals surface area contributed by atoms with E-state index in [1.165, 1.54) is 12.8 Å². The van der Waals surface area contributed by atoms with Gasteiger partial charge in [-0.05, 0) is 6.92 Å². The Morgan fingerprint density at radius 1 is 0.846 bits per heavy atom. The number of ketones is 1. The van der Waals surface area contributed by atoms with Gasteiger partial charge in [0.2, 0.25) is 0 Å². The second kappa shape index (κ2) is 41.3. The van der Waals surface area contributed by atoms with Crippen molar-refractivity contribution < 1.29 is 4.79 Å². The van der Waals surface area contributed by atoms with Crippen molar-refractivity contribution in [3.05, 3.63) is 0 Å². The van der Waals surface area contributed by atoms with Crippen LogP contribution in [0.4, 0.5) is 0 Å². The van der Waals surface area contributed by atoms with Crippen LogP contribution in [-0.2, 0) is 4.79 Å². The smallest absolute Gasteiger partial charge is 0.129 e. The number of Topliss-reactive ketones (excluding diaryl/α,β-unsaturated/α-hetero) is 1. The number of rotatable bonds is 1. The monoisotopic (exact) mass is 190 g/mol. The molecular formula is C12H30O. The normalized spacial score (nSPS) is 6.15. The molecule has 0 aliphatic rings. The Balaban J connectivity index is -0.0000000446. The van der Waals surface area contributed by atoms with Crippen molar-refractivity contribution in [2.24, 2.45) is 0 Å². The number of hydrogen-bond acceptors (Lipinski definition) is 1. The van der Waals surface area contributed by atoms with Crippen molar-refractivity contribution in [2.45, 2.75) is 74.7 Å². The lowest BCUT2D eigenvalue weighted by atomic mass is 10.4. The molecule has 0 bridgehead atoms. The van der Waals surface area contributed by atoms with Gasteiger partial charge in [-0.2, -0.15) is 0 Å². The molecule has 0 aromatic carbocycles. The molecule has 0 fully saturated rings. The first-order valence-corrected chi connectivity index (χ1v) is 5.59. The topological polar surface area (TPSA) is 17.1 Å². The van der Waals surface area contributed by atoms with Gasteiger partial charge >= 0.3 is 0 Å². The van der Waals surface area contributed by atoms with Gasteiger partial charge in [0.1, 0.15) is 5.78 Å². The first-order chi connectivity index (χ1) is 6.10. The quantitative estimate of drug-likeness (QED) is 0.578. The van der Waals surface area contributed by atoms with E-state index < -0.39 is 0 Å². The van der Waals surface area contributed by atoms with E-state index in [4.69, 9.17) is 0 Å². The first-order valence-electron chi connectivity index (χ1n) is 5.59. The Labute approximate surface area is 85.9 Å². The second-order valence-electron chi connectivity index (χ2n) is 2.47. The van der Waals surface area contributed by atoms with E-state index in [-0.39, 0.29) is 5.78 Å². The molecule has 0 aromatic heterocycles. The predicted octanol–water partition coefficient (Wildman–Crippen LogP) is 4.84. The first kappa shape index (κ1) is 23.0. The predicted molar refractivity (Wildman–Crippen MR) is 64.3 cm³/mol. The number of carbonyl (C=O) groups excluding carboxylic acids is 1. The number of hydrogen-bond donors (Lipinski definition) is 0. The highest BCUT2D eigenvalue weighted by molar-refractivity contribution is 5.74.